The fourth-order valence-corrected chi connectivity index (χ4v) is 4.71. The molecular formula is C27H27N3O. The molecule has 1 saturated heterocycles. The predicted molar refractivity (Wildman–Crippen MR) is 126 cm³/mol. The number of hydrogen-bond acceptors (Lipinski definition) is 3. The van der Waals surface area contributed by atoms with Crippen molar-refractivity contribution >= 4 is 11.6 Å². The van der Waals surface area contributed by atoms with Gasteiger partial charge in [-0.2, -0.15) is 0 Å². The molecule has 0 aromatic heterocycles. The van der Waals surface area contributed by atoms with E-state index in [-0.39, 0.29) is 11.4 Å². The zero-order chi connectivity index (χ0) is 21.4. The number of nitrogens with one attached hydrogen (secondary N) is 2. The summed E-state index contributed by atoms with van der Waals surface area (Å²) < 4.78 is 0. The molecule has 0 bridgehead atoms. The molecule has 0 aliphatic carbocycles. The number of benzene rings is 3. The summed E-state index contributed by atoms with van der Waals surface area (Å²) in [4.78, 5) is 17.9. The van der Waals surface area contributed by atoms with Crippen molar-refractivity contribution in [1.29, 1.82) is 0 Å². The zero-order valence-electron chi connectivity index (χ0n) is 18.0. The van der Waals surface area contributed by atoms with Crippen molar-refractivity contribution in [3.63, 3.8) is 0 Å². The lowest BCUT2D eigenvalue weighted by Crippen LogP contribution is -2.47. The molecule has 156 valence electrons. The van der Waals surface area contributed by atoms with Crippen LogP contribution in [0.2, 0.25) is 0 Å². The Bertz CT molecular complexity index is 1190. The highest BCUT2D eigenvalue weighted by Crippen LogP contribution is 2.30. The molecule has 1 atom stereocenters. The molecule has 0 radical (unpaired) electrons. The van der Waals surface area contributed by atoms with Crippen LogP contribution in [-0.2, 0) is 12.1 Å². The van der Waals surface area contributed by atoms with E-state index in [9.17, 15) is 4.79 Å². The van der Waals surface area contributed by atoms with Gasteiger partial charge in [-0.1, -0.05) is 54.1 Å². The van der Waals surface area contributed by atoms with Crippen LogP contribution < -0.4 is 10.6 Å². The molecule has 4 heteroatoms. The quantitative estimate of drug-likeness (QED) is 0.662. The average molecular weight is 410 g/mol. The largest absolute Gasteiger partial charge is 0.341 e. The maximum absolute atomic E-state index is 13.3. The van der Waals surface area contributed by atoms with E-state index in [1.807, 2.05) is 18.2 Å². The number of carbonyl (C=O) groups excluding carboxylic acids is 1. The van der Waals surface area contributed by atoms with E-state index >= 15 is 0 Å². The van der Waals surface area contributed by atoms with Gasteiger partial charge in [-0.05, 0) is 67.3 Å². The van der Waals surface area contributed by atoms with Gasteiger partial charge in [-0.25, -0.2) is 0 Å². The molecule has 2 aliphatic rings. The Balaban J connectivity index is 1.44. The molecule has 31 heavy (non-hydrogen) atoms. The molecule has 2 heterocycles. The first-order valence-corrected chi connectivity index (χ1v) is 10.9. The van der Waals surface area contributed by atoms with Gasteiger partial charge in [0.25, 0.3) is 5.91 Å². The second-order valence-electron chi connectivity index (χ2n) is 8.69. The number of aliphatic imine (C=N–C) groups is 1. The molecular weight excluding hydrogens is 382 g/mol. The maximum Gasteiger partial charge on any atom is 0.252 e. The van der Waals surface area contributed by atoms with Crippen molar-refractivity contribution in [2.75, 3.05) is 13.1 Å². The van der Waals surface area contributed by atoms with E-state index in [4.69, 9.17) is 0 Å². The highest BCUT2D eigenvalue weighted by Gasteiger charge is 2.37. The third-order valence-corrected chi connectivity index (χ3v) is 6.52. The monoisotopic (exact) mass is 409 g/mol. The molecule has 5 rings (SSSR count). The Hall–Kier alpha value is -3.24. The van der Waals surface area contributed by atoms with Crippen LogP contribution in [0, 0.1) is 6.92 Å². The molecule has 0 spiro atoms. The zero-order valence-corrected chi connectivity index (χ0v) is 18.0. The van der Waals surface area contributed by atoms with Gasteiger partial charge < -0.3 is 10.6 Å². The highest BCUT2D eigenvalue weighted by atomic mass is 16.1. The van der Waals surface area contributed by atoms with Crippen molar-refractivity contribution in [3.8, 4) is 11.1 Å². The Morgan fingerprint density at radius 1 is 1.00 bits per heavy atom. The first-order valence-electron chi connectivity index (χ1n) is 10.9. The summed E-state index contributed by atoms with van der Waals surface area (Å²) in [5.41, 5.74) is 8.39. The number of rotatable bonds is 4. The topological polar surface area (TPSA) is 53.5 Å². The maximum atomic E-state index is 13.3. The normalized spacial score (nSPS) is 19.7. The number of amides is 1. The molecule has 1 amide bonds. The van der Waals surface area contributed by atoms with Crippen molar-refractivity contribution in [2.24, 2.45) is 4.99 Å². The minimum atomic E-state index is -0.375. The van der Waals surface area contributed by atoms with Crippen molar-refractivity contribution in [3.05, 3.63) is 94.5 Å². The third-order valence-electron chi connectivity index (χ3n) is 6.52. The van der Waals surface area contributed by atoms with E-state index in [1.165, 1.54) is 16.7 Å². The van der Waals surface area contributed by atoms with E-state index in [1.54, 1.807) is 0 Å². The molecule has 0 saturated carbocycles. The van der Waals surface area contributed by atoms with Crippen molar-refractivity contribution < 1.29 is 4.79 Å². The van der Waals surface area contributed by atoms with Crippen molar-refractivity contribution in [2.45, 2.75) is 32.4 Å². The van der Waals surface area contributed by atoms with Gasteiger partial charge in [-0.3, -0.25) is 9.79 Å². The smallest absolute Gasteiger partial charge is 0.252 e. The van der Waals surface area contributed by atoms with Crippen LogP contribution in [-0.4, -0.2) is 24.7 Å². The predicted octanol–water partition coefficient (Wildman–Crippen LogP) is 4.60. The fraction of sp³-hybridized carbons (Fsp3) is 0.259. The number of fused-ring (bicyclic) bond motifs is 1. The van der Waals surface area contributed by atoms with Gasteiger partial charge in [0.2, 0.25) is 0 Å². The molecule has 1 unspecified atom stereocenters. The number of nitrogens with zero attached hydrogens (tertiary/aromatic N) is 1. The van der Waals surface area contributed by atoms with Crippen LogP contribution in [0.4, 0.5) is 0 Å². The van der Waals surface area contributed by atoms with Crippen LogP contribution in [0.3, 0.4) is 0 Å². The molecule has 3 aromatic rings. The second-order valence-corrected chi connectivity index (χ2v) is 8.69. The highest BCUT2D eigenvalue weighted by molar-refractivity contribution is 6.03. The van der Waals surface area contributed by atoms with Crippen LogP contribution in [0.1, 0.15) is 46.0 Å². The summed E-state index contributed by atoms with van der Waals surface area (Å²) in [6, 6.07) is 22.8. The number of carbonyl (C=O) groups is 1. The van der Waals surface area contributed by atoms with Crippen molar-refractivity contribution in [1.82, 2.24) is 10.6 Å². The summed E-state index contributed by atoms with van der Waals surface area (Å²) >= 11 is 0. The van der Waals surface area contributed by atoms with E-state index < -0.39 is 0 Å². The average Bonchev–Trinajstić information content (AvgIpc) is 3.41. The first kappa shape index (κ1) is 19.7. The van der Waals surface area contributed by atoms with Gasteiger partial charge in [-0.15, -0.1) is 0 Å². The lowest BCUT2D eigenvalue weighted by atomic mass is 9.87. The first-order chi connectivity index (χ1) is 15.0. The molecule has 1 fully saturated rings. The Morgan fingerprint density at radius 3 is 2.65 bits per heavy atom. The summed E-state index contributed by atoms with van der Waals surface area (Å²) in [5.74, 6) is -0.0361. The van der Waals surface area contributed by atoms with Gasteiger partial charge >= 0.3 is 0 Å². The molecule has 2 N–H and O–H groups in total. The molecule has 3 aromatic carbocycles. The van der Waals surface area contributed by atoms with Crippen LogP contribution in [0.15, 0.2) is 71.7 Å². The van der Waals surface area contributed by atoms with Crippen LogP contribution in [0.25, 0.3) is 11.1 Å². The SMILES string of the molecule is CC1=NCc2ccc(-c3cccc(C(=O)NC4(c5cccc(C)c5)CCNC4)c3)cc21. The van der Waals surface area contributed by atoms with Crippen LogP contribution >= 0.6 is 0 Å². The van der Waals surface area contributed by atoms with E-state index in [2.05, 4.69) is 78.0 Å². The summed E-state index contributed by atoms with van der Waals surface area (Å²) in [5, 5.41) is 6.79. The van der Waals surface area contributed by atoms with Gasteiger partial charge in [0, 0.05) is 23.4 Å². The summed E-state index contributed by atoms with van der Waals surface area (Å²) in [6.45, 7) is 6.54. The number of aryl methyl sites for hydroxylation is 1. The Kier molecular flexibility index (Phi) is 4.95. The number of hydrogen-bond donors (Lipinski definition) is 2. The molecule has 2 aliphatic heterocycles. The minimum absolute atomic E-state index is 0.0361. The Morgan fingerprint density at radius 2 is 1.84 bits per heavy atom. The summed E-state index contributed by atoms with van der Waals surface area (Å²) in [7, 11) is 0. The van der Waals surface area contributed by atoms with Gasteiger partial charge in [0.1, 0.15) is 0 Å². The van der Waals surface area contributed by atoms with E-state index in [0.29, 0.717) is 5.56 Å². The third kappa shape index (κ3) is 3.68. The lowest BCUT2D eigenvalue weighted by Gasteiger charge is -2.30. The van der Waals surface area contributed by atoms with Crippen LogP contribution in [0.5, 0.6) is 0 Å². The van der Waals surface area contributed by atoms with Gasteiger partial charge in [0.15, 0.2) is 0 Å². The van der Waals surface area contributed by atoms with Gasteiger partial charge in [0.05, 0.1) is 12.1 Å². The van der Waals surface area contributed by atoms with E-state index in [0.717, 1.165) is 48.5 Å². The second kappa shape index (κ2) is 7.78. The standard InChI is InChI=1S/C27H27N3O/c1-18-5-3-8-24(13-18)27(11-12-28-17-27)30-26(31)22-7-4-6-20(14-22)21-9-10-23-16-29-19(2)25(23)15-21/h3-10,13-15,28H,11-12,16-17H2,1-2H3,(H,30,31). The molecule has 4 nitrogen and oxygen atoms in total. The summed E-state index contributed by atoms with van der Waals surface area (Å²) in [6.07, 6.45) is 0.880. The minimum Gasteiger partial charge on any atom is -0.341 e. The lowest BCUT2D eigenvalue weighted by molar-refractivity contribution is 0.0904. The fourth-order valence-electron chi connectivity index (χ4n) is 4.71. The Labute approximate surface area is 183 Å².